The summed E-state index contributed by atoms with van der Waals surface area (Å²) in [6, 6.07) is 30.4. The smallest absolute Gasteiger partial charge is 0.344 e. The van der Waals surface area contributed by atoms with Gasteiger partial charge in [0.2, 0.25) is 0 Å². The van der Waals surface area contributed by atoms with Gasteiger partial charge in [-0.25, -0.2) is 4.79 Å². The maximum atomic E-state index is 11.7. The van der Waals surface area contributed by atoms with Crippen LogP contribution in [0.4, 0.5) is 0 Å². The van der Waals surface area contributed by atoms with Crippen LogP contribution in [0, 0.1) is 6.92 Å². The number of hydrogen-bond acceptors (Lipinski definition) is 5. The zero-order valence-corrected chi connectivity index (χ0v) is 24.6. The molecule has 0 unspecified atom stereocenters. The number of aromatic nitrogens is 1. The second-order valence-electron chi connectivity index (χ2n) is 10.5. The SMILES string of the molecule is CCOC(=O)COc1ccc(Cc2c(OCc3ccccc3)ccc3[nH]c(-c4ccc(OC(C)C)cc4)c(C)c23)cc1. The Morgan fingerprint density at radius 2 is 1.52 bits per heavy atom. The van der Waals surface area contributed by atoms with Gasteiger partial charge in [0.05, 0.1) is 12.7 Å². The third-order valence-corrected chi connectivity index (χ3v) is 7.00. The highest BCUT2D eigenvalue weighted by molar-refractivity contribution is 5.94. The molecule has 0 radical (unpaired) electrons. The van der Waals surface area contributed by atoms with Gasteiger partial charge < -0.3 is 23.9 Å². The third kappa shape index (κ3) is 6.95. The van der Waals surface area contributed by atoms with E-state index in [4.69, 9.17) is 18.9 Å². The van der Waals surface area contributed by atoms with Gasteiger partial charge in [-0.05, 0) is 98.5 Å². The topological polar surface area (TPSA) is 69.8 Å². The molecular formula is C36H37NO5. The Labute approximate surface area is 247 Å². The first-order valence-electron chi connectivity index (χ1n) is 14.4. The van der Waals surface area contributed by atoms with E-state index in [2.05, 4.69) is 48.3 Å². The molecule has 0 saturated carbocycles. The van der Waals surface area contributed by atoms with Crippen LogP contribution in [0.5, 0.6) is 17.2 Å². The minimum absolute atomic E-state index is 0.111. The molecule has 5 rings (SSSR count). The summed E-state index contributed by atoms with van der Waals surface area (Å²) >= 11 is 0. The van der Waals surface area contributed by atoms with E-state index in [1.807, 2.05) is 68.4 Å². The van der Waals surface area contributed by atoms with Gasteiger partial charge in [0.15, 0.2) is 6.61 Å². The summed E-state index contributed by atoms with van der Waals surface area (Å²) in [5.41, 5.74) is 7.72. The molecule has 6 heteroatoms. The molecule has 0 spiro atoms. The van der Waals surface area contributed by atoms with Gasteiger partial charge >= 0.3 is 5.97 Å². The first-order valence-corrected chi connectivity index (χ1v) is 14.4. The van der Waals surface area contributed by atoms with Crippen molar-refractivity contribution < 1.29 is 23.7 Å². The number of carbonyl (C=O) groups excluding carboxylic acids is 1. The van der Waals surface area contributed by atoms with Crippen molar-refractivity contribution in [2.75, 3.05) is 13.2 Å². The van der Waals surface area contributed by atoms with E-state index >= 15 is 0 Å². The molecule has 4 aromatic carbocycles. The van der Waals surface area contributed by atoms with Crippen LogP contribution in [0.1, 0.15) is 43.0 Å². The van der Waals surface area contributed by atoms with Crippen LogP contribution in [0.15, 0.2) is 91.0 Å². The number of esters is 1. The molecule has 0 bridgehead atoms. The second kappa shape index (κ2) is 13.3. The Kier molecular flexibility index (Phi) is 9.12. The van der Waals surface area contributed by atoms with Crippen LogP contribution in [0.3, 0.4) is 0 Å². The average Bonchev–Trinajstić information content (AvgIpc) is 3.33. The van der Waals surface area contributed by atoms with Crippen LogP contribution in [-0.4, -0.2) is 30.3 Å². The number of nitrogens with one attached hydrogen (secondary N) is 1. The quantitative estimate of drug-likeness (QED) is 0.156. The zero-order chi connectivity index (χ0) is 29.5. The van der Waals surface area contributed by atoms with Crippen molar-refractivity contribution >= 4 is 16.9 Å². The van der Waals surface area contributed by atoms with Crippen LogP contribution >= 0.6 is 0 Å². The van der Waals surface area contributed by atoms with Gasteiger partial charge in [0, 0.05) is 28.6 Å². The molecule has 0 aliphatic rings. The molecule has 0 fully saturated rings. The lowest BCUT2D eigenvalue weighted by Gasteiger charge is -2.14. The third-order valence-electron chi connectivity index (χ3n) is 7.00. The highest BCUT2D eigenvalue weighted by Crippen LogP contribution is 2.38. The number of aromatic amines is 1. The number of fused-ring (bicyclic) bond motifs is 1. The molecule has 216 valence electrons. The number of ether oxygens (including phenoxy) is 4. The highest BCUT2D eigenvalue weighted by atomic mass is 16.6. The first-order chi connectivity index (χ1) is 20.4. The van der Waals surface area contributed by atoms with Crippen molar-refractivity contribution in [2.24, 2.45) is 0 Å². The fourth-order valence-corrected chi connectivity index (χ4v) is 5.07. The van der Waals surface area contributed by atoms with Crippen LogP contribution < -0.4 is 14.2 Å². The number of hydrogen-bond donors (Lipinski definition) is 1. The molecule has 0 aliphatic carbocycles. The van der Waals surface area contributed by atoms with Gasteiger partial charge in [-0.2, -0.15) is 0 Å². The van der Waals surface area contributed by atoms with E-state index in [9.17, 15) is 4.79 Å². The van der Waals surface area contributed by atoms with E-state index in [-0.39, 0.29) is 18.7 Å². The Bertz CT molecular complexity index is 1620. The van der Waals surface area contributed by atoms with Gasteiger partial charge in [-0.1, -0.05) is 42.5 Å². The van der Waals surface area contributed by atoms with E-state index in [1.54, 1.807) is 6.92 Å². The maximum absolute atomic E-state index is 11.7. The Balaban J connectivity index is 1.47. The molecule has 0 saturated heterocycles. The number of H-pyrrole nitrogens is 1. The molecule has 1 heterocycles. The number of rotatable bonds is 12. The largest absolute Gasteiger partial charge is 0.491 e. The van der Waals surface area contributed by atoms with E-state index in [0.29, 0.717) is 25.4 Å². The maximum Gasteiger partial charge on any atom is 0.344 e. The minimum atomic E-state index is -0.380. The zero-order valence-electron chi connectivity index (χ0n) is 24.6. The summed E-state index contributed by atoms with van der Waals surface area (Å²) in [4.78, 5) is 15.3. The molecule has 1 aromatic heterocycles. The van der Waals surface area contributed by atoms with Crippen molar-refractivity contribution in [2.45, 2.75) is 46.8 Å². The van der Waals surface area contributed by atoms with Gasteiger partial charge in [0.1, 0.15) is 23.9 Å². The van der Waals surface area contributed by atoms with Crippen molar-refractivity contribution in [3.63, 3.8) is 0 Å². The van der Waals surface area contributed by atoms with Crippen LogP contribution in [0.2, 0.25) is 0 Å². The fraction of sp³-hybridized carbons (Fsp3) is 0.250. The summed E-state index contributed by atoms with van der Waals surface area (Å²) in [5, 5.41) is 1.15. The molecule has 1 N–H and O–H groups in total. The summed E-state index contributed by atoms with van der Waals surface area (Å²) in [7, 11) is 0. The fourth-order valence-electron chi connectivity index (χ4n) is 5.07. The molecule has 6 nitrogen and oxygen atoms in total. The molecule has 0 atom stereocenters. The molecule has 42 heavy (non-hydrogen) atoms. The molecular weight excluding hydrogens is 526 g/mol. The van der Waals surface area contributed by atoms with Crippen molar-refractivity contribution in [1.82, 2.24) is 4.98 Å². The minimum Gasteiger partial charge on any atom is -0.491 e. The van der Waals surface area contributed by atoms with E-state index in [1.165, 1.54) is 0 Å². The Morgan fingerprint density at radius 1 is 0.810 bits per heavy atom. The summed E-state index contributed by atoms with van der Waals surface area (Å²) in [5.74, 6) is 1.95. The highest BCUT2D eigenvalue weighted by Gasteiger charge is 2.18. The van der Waals surface area contributed by atoms with Crippen molar-refractivity contribution in [3.8, 4) is 28.5 Å². The molecule has 0 amide bonds. The second-order valence-corrected chi connectivity index (χ2v) is 10.5. The Morgan fingerprint density at radius 3 is 2.21 bits per heavy atom. The van der Waals surface area contributed by atoms with Crippen LogP contribution in [-0.2, 0) is 22.6 Å². The number of carbonyl (C=O) groups is 1. The summed E-state index contributed by atoms with van der Waals surface area (Å²) in [6.07, 6.45) is 0.791. The summed E-state index contributed by atoms with van der Waals surface area (Å²) < 4.78 is 22.8. The predicted molar refractivity (Wildman–Crippen MR) is 166 cm³/mol. The lowest BCUT2D eigenvalue weighted by molar-refractivity contribution is -0.145. The summed E-state index contributed by atoms with van der Waals surface area (Å²) in [6.45, 7) is 8.69. The Hall–Kier alpha value is -4.71. The monoisotopic (exact) mass is 563 g/mol. The lowest BCUT2D eigenvalue weighted by Crippen LogP contribution is -2.14. The van der Waals surface area contributed by atoms with E-state index < -0.39 is 0 Å². The average molecular weight is 564 g/mol. The van der Waals surface area contributed by atoms with Gasteiger partial charge in [-0.3, -0.25) is 0 Å². The first kappa shape index (κ1) is 28.8. The van der Waals surface area contributed by atoms with Crippen molar-refractivity contribution in [3.05, 3.63) is 113 Å². The lowest BCUT2D eigenvalue weighted by atomic mass is 9.97. The van der Waals surface area contributed by atoms with Crippen LogP contribution in [0.25, 0.3) is 22.2 Å². The van der Waals surface area contributed by atoms with Gasteiger partial charge in [0.25, 0.3) is 0 Å². The molecule has 0 aliphatic heterocycles. The normalized spacial score (nSPS) is 11.1. The number of benzene rings is 4. The predicted octanol–water partition coefficient (Wildman–Crippen LogP) is 8.04. The molecule has 5 aromatic rings. The van der Waals surface area contributed by atoms with Gasteiger partial charge in [-0.15, -0.1) is 0 Å². The standard InChI is InChI=1S/C36H37NO5/c1-5-39-34(38)23-40-29-15-11-26(12-16-29)21-31-33(41-22-27-9-7-6-8-10-27)20-19-32-35(31)25(4)36(37-32)28-13-17-30(18-14-28)42-24(2)3/h6-20,24,37H,5,21-23H2,1-4H3. The van der Waals surface area contributed by atoms with Crippen molar-refractivity contribution in [1.29, 1.82) is 0 Å². The van der Waals surface area contributed by atoms with E-state index in [0.717, 1.165) is 55.9 Å². The number of aryl methyl sites for hydroxylation is 1.